The number of hydrogen-bond donors (Lipinski definition) is 2. The van der Waals surface area contributed by atoms with Gasteiger partial charge in [-0.15, -0.1) is 0 Å². The van der Waals surface area contributed by atoms with Gasteiger partial charge in [-0.3, -0.25) is 0 Å². The smallest absolute Gasteiger partial charge is 0.165 e. The number of nitrogens with two attached hydrogens (primary N) is 2. The quantitative estimate of drug-likeness (QED) is 0.843. The maximum Gasteiger partial charge on any atom is 0.165 e. The molecule has 18 heavy (non-hydrogen) atoms. The van der Waals surface area contributed by atoms with Crippen LogP contribution in [0.5, 0.6) is 5.75 Å². The Labute approximate surface area is 104 Å². The molecule has 0 aromatic heterocycles. The van der Waals surface area contributed by atoms with E-state index in [1.165, 1.54) is 7.11 Å². The molecule has 1 aromatic rings. The number of halogens is 2. The number of methoxy groups -OCH3 is 1. The third-order valence-electron chi connectivity index (χ3n) is 3.45. The zero-order chi connectivity index (χ0) is 13.3. The topological polar surface area (TPSA) is 70.5 Å². The molecule has 1 unspecified atom stereocenters. The molecule has 0 radical (unpaired) electrons. The van der Waals surface area contributed by atoms with Crippen LogP contribution in [0.3, 0.4) is 0 Å². The maximum absolute atomic E-state index is 13.9. The van der Waals surface area contributed by atoms with E-state index >= 15 is 0 Å². The van der Waals surface area contributed by atoms with Crippen LogP contribution in [0.15, 0.2) is 12.1 Å². The fraction of sp³-hybridized carbons (Fsp3) is 0.500. The minimum absolute atomic E-state index is 0.0991. The van der Waals surface area contributed by atoms with Crippen LogP contribution >= 0.6 is 0 Å². The highest BCUT2D eigenvalue weighted by atomic mass is 19.1. The third kappa shape index (κ3) is 1.96. The van der Waals surface area contributed by atoms with Crippen molar-refractivity contribution in [2.75, 3.05) is 26.9 Å². The predicted molar refractivity (Wildman–Crippen MR) is 62.1 cm³/mol. The summed E-state index contributed by atoms with van der Waals surface area (Å²) < 4.78 is 37.3. The van der Waals surface area contributed by atoms with Crippen LogP contribution in [0.4, 0.5) is 8.78 Å². The van der Waals surface area contributed by atoms with Crippen LogP contribution in [0.2, 0.25) is 0 Å². The van der Waals surface area contributed by atoms with E-state index < -0.39 is 23.1 Å². The lowest BCUT2D eigenvalue weighted by molar-refractivity contribution is -0.121. The molecule has 4 N–H and O–H groups in total. The van der Waals surface area contributed by atoms with Crippen LogP contribution in [0.25, 0.3) is 0 Å². The molecule has 1 saturated heterocycles. The fourth-order valence-corrected chi connectivity index (χ4v) is 2.06. The Bertz CT molecular complexity index is 444. The first kappa shape index (κ1) is 13.2. The highest BCUT2D eigenvalue weighted by Gasteiger charge is 2.44. The molecule has 0 saturated carbocycles. The molecule has 100 valence electrons. The van der Waals surface area contributed by atoms with Gasteiger partial charge in [-0.05, 0) is 6.07 Å². The summed E-state index contributed by atoms with van der Waals surface area (Å²) in [4.78, 5) is 0. The van der Waals surface area contributed by atoms with Crippen molar-refractivity contribution in [1.29, 1.82) is 0 Å². The summed E-state index contributed by atoms with van der Waals surface area (Å²) in [6, 6.07) is 1.36. The molecule has 0 spiro atoms. The third-order valence-corrected chi connectivity index (χ3v) is 3.45. The van der Waals surface area contributed by atoms with Crippen LogP contribution in [-0.4, -0.2) is 26.9 Å². The molecule has 1 fully saturated rings. The summed E-state index contributed by atoms with van der Waals surface area (Å²) in [5.74, 6) is -1.38. The highest BCUT2D eigenvalue weighted by Crippen LogP contribution is 2.39. The van der Waals surface area contributed by atoms with E-state index in [4.69, 9.17) is 20.9 Å². The molecule has 1 aromatic carbocycles. The largest absolute Gasteiger partial charge is 0.494 e. The molecule has 1 aliphatic heterocycles. The minimum Gasteiger partial charge on any atom is -0.494 e. The standard InChI is InChI=1S/C12H16F2N2O2/c1-17-10-3-8(13)7(2-9(10)14)11(16)12(4-15)5-18-6-12/h2-3,11H,4-6,15-16H2,1H3. The summed E-state index contributed by atoms with van der Waals surface area (Å²) in [6.45, 7) is 0.983. The van der Waals surface area contributed by atoms with E-state index in [1.807, 2.05) is 0 Å². The highest BCUT2D eigenvalue weighted by molar-refractivity contribution is 5.34. The van der Waals surface area contributed by atoms with Crippen LogP contribution in [-0.2, 0) is 4.74 Å². The van der Waals surface area contributed by atoms with Gasteiger partial charge in [-0.2, -0.15) is 0 Å². The molecule has 0 aliphatic carbocycles. The van der Waals surface area contributed by atoms with E-state index in [2.05, 4.69) is 0 Å². The second-order valence-corrected chi connectivity index (χ2v) is 4.55. The van der Waals surface area contributed by atoms with Gasteiger partial charge < -0.3 is 20.9 Å². The Balaban J connectivity index is 2.36. The van der Waals surface area contributed by atoms with Gasteiger partial charge in [0.1, 0.15) is 5.82 Å². The number of rotatable bonds is 4. The first-order chi connectivity index (χ1) is 8.54. The summed E-state index contributed by atoms with van der Waals surface area (Å²) in [5, 5.41) is 0. The summed E-state index contributed by atoms with van der Waals surface area (Å²) >= 11 is 0. The SMILES string of the molecule is COc1cc(F)c(C(N)C2(CN)COC2)cc1F. The lowest BCUT2D eigenvalue weighted by Gasteiger charge is -2.45. The Kier molecular flexibility index (Phi) is 3.52. The van der Waals surface area contributed by atoms with Crippen molar-refractivity contribution in [2.24, 2.45) is 16.9 Å². The first-order valence-corrected chi connectivity index (χ1v) is 5.60. The average Bonchev–Trinajstić information content (AvgIpc) is 2.30. The van der Waals surface area contributed by atoms with Crippen molar-refractivity contribution in [3.05, 3.63) is 29.3 Å². The first-order valence-electron chi connectivity index (χ1n) is 5.60. The molecular formula is C12H16F2N2O2. The molecule has 1 heterocycles. The second-order valence-electron chi connectivity index (χ2n) is 4.55. The molecule has 0 amide bonds. The van der Waals surface area contributed by atoms with Crippen molar-refractivity contribution >= 4 is 0 Å². The van der Waals surface area contributed by atoms with Gasteiger partial charge in [-0.25, -0.2) is 8.78 Å². The van der Waals surface area contributed by atoms with Crippen molar-refractivity contribution in [3.63, 3.8) is 0 Å². The fourth-order valence-electron chi connectivity index (χ4n) is 2.06. The molecular weight excluding hydrogens is 242 g/mol. The van der Waals surface area contributed by atoms with Gasteiger partial charge >= 0.3 is 0 Å². The molecule has 6 heteroatoms. The normalized spacial score (nSPS) is 19.2. The monoisotopic (exact) mass is 258 g/mol. The lowest BCUT2D eigenvalue weighted by Crippen LogP contribution is -2.55. The van der Waals surface area contributed by atoms with Gasteiger partial charge in [0.25, 0.3) is 0 Å². The Morgan fingerprint density at radius 2 is 2.06 bits per heavy atom. The predicted octanol–water partition coefficient (Wildman–Crippen LogP) is 0.948. The molecule has 0 bridgehead atoms. The Morgan fingerprint density at radius 3 is 2.50 bits per heavy atom. The summed E-state index contributed by atoms with van der Waals surface area (Å²) in [6.07, 6.45) is 0. The van der Waals surface area contributed by atoms with Crippen molar-refractivity contribution < 1.29 is 18.3 Å². The van der Waals surface area contributed by atoms with Gasteiger partial charge in [0.15, 0.2) is 11.6 Å². The summed E-state index contributed by atoms with van der Waals surface area (Å²) in [7, 11) is 1.28. The van der Waals surface area contributed by atoms with Gasteiger partial charge in [-0.1, -0.05) is 0 Å². The average molecular weight is 258 g/mol. The van der Waals surface area contributed by atoms with Crippen LogP contribution < -0.4 is 16.2 Å². The lowest BCUT2D eigenvalue weighted by atomic mass is 9.75. The molecule has 4 nitrogen and oxygen atoms in total. The number of benzene rings is 1. The number of ether oxygens (including phenoxy) is 2. The van der Waals surface area contributed by atoms with E-state index in [9.17, 15) is 8.78 Å². The second kappa shape index (κ2) is 4.79. The van der Waals surface area contributed by atoms with E-state index in [0.29, 0.717) is 13.2 Å². The zero-order valence-electron chi connectivity index (χ0n) is 10.1. The molecule has 1 aliphatic rings. The summed E-state index contributed by atoms with van der Waals surface area (Å²) in [5.41, 5.74) is 11.2. The van der Waals surface area contributed by atoms with Crippen molar-refractivity contribution in [2.45, 2.75) is 6.04 Å². The van der Waals surface area contributed by atoms with Gasteiger partial charge in [0.2, 0.25) is 0 Å². The molecule has 2 rings (SSSR count). The minimum atomic E-state index is -0.698. The van der Waals surface area contributed by atoms with Crippen LogP contribution in [0.1, 0.15) is 11.6 Å². The zero-order valence-corrected chi connectivity index (χ0v) is 10.1. The Morgan fingerprint density at radius 1 is 1.39 bits per heavy atom. The van der Waals surface area contributed by atoms with Crippen LogP contribution in [0, 0.1) is 17.0 Å². The van der Waals surface area contributed by atoms with Gasteiger partial charge in [0.05, 0.1) is 20.3 Å². The Hall–Kier alpha value is -1.24. The maximum atomic E-state index is 13.9. The van der Waals surface area contributed by atoms with E-state index in [0.717, 1.165) is 12.1 Å². The van der Waals surface area contributed by atoms with Crippen molar-refractivity contribution in [1.82, 2.24) is 0 Å². The van der Waals surface area contributed by atoms with Crippen molar-refractivity contribution in [3.8, 4) is 5.75 Å². The van der Waals surface area contributed by atoms with E-state index in [-0.39, 0.29) is 17.9 Å². The van der Waals surface area contributed by atoms with Gasteiger partial charge in [0, 0.05) is 29.6 Å². The molecule has 1 atom stereocenters. The van der Waals surface area contributed by atoms with E-state index in [1.54, 1.807) is 0 Å². The number of hydrogen-bond acceptors (Lipinski definition) is 4.